The SMILES string of the molecule is Cc1nnccc1C(=O)NC[C@@H]1OCCN(C)[C@H]1c1ccccc1. The smallest absolute Gasteiger partial charge is 0.253 e. The summed E-state index contributed by atoms with van der Waals surface area (Å²) in [6, 6.07) is 12.1. The number of morpholine rings is 1. The molecular formula is C18H22N4O2. The summed E-state index contributed by atoms with van der Waals surface area (Å²) in [5.41, 5.74) is 2.36. The molecule has 1 aromatic carbocycles. The number of amides is 1. The Morgan fingerprint density at radius 3 is 2.88 bits per heavy atom. The van der Waals surface area contributed by atoms with E-state index in [2.05, 4.69) is 39.6 Å². The fraction of sp³-hybridized carbons (Fsp3) is 0.389. The summed E-state index contributed by atoms with van der Waals surface area (Å²) >= 11 is 0. The largest absolute Gasteiger partial charge is 0.373 e. The van der Waals surface area contributed by atoms with Crippen molar-refractivity contribution >= 4 is 5.91 Å². The van der Waals surface area contributed by atoms with Crippen LogP contribution >= 0.6 is 0 Å². The molecule has 1 aliphatic rings. The van der Waals surface area contributed by atoms with Crippen LogP contribution in [-0.2, 0) is 4.74 Å². The number of carbonyl (C=O) groups excluding carboxylic acids is 1. The number of benzene rings is 1. The summed E-state index contributed by atoms with van der Waals surface area (Å²) in [5, 5.41) is 10.7. The molecule has 0 aliphatic carbocycles. The highest BCUT2D eigenvalue weighted by Crippen LogP contribution is 2.27. The number of hydrogen-bond acceptors (Lipinski definition) is 5. The van der Waals surface area contributed by atoms with Crippen molar-refractivity contribution in [3.8, 4) is 0 Å². The zero-order valence-corrected chi connectivity index (χ0v) is 14.0. The fourth-order valence-electron chi connectivity index (χ4n) is 3.08. The number of hydrogen-bond donors (Lipinski definition) is 1. The molecule has 1 N–H and O–H groups in total. The Balaban J connectivity index is 1.71. The van der Waals surface area contributed by atoms with Gasteiger partial charge in [-0.05, 0) is 25.6 Å². The zero-order chi connectivity index (χ0) is 16.9. The molecule has 6 nitrogen and oxygen atoms in total. The summed E-state index contributed by atoms with van der Waals surface area (Å²) in [7, 11) is 2.09. The van der Waals surface area contributed by atoms with Crippen molar-refractivity contribution in [2.75, 3.05) is 26.7 Å². The third-order valence-corrected chi connectivity index (χ3v) is 4.36. The molecular weight excluding hydrogens is 304 g/mol. The molecule has 3 rings (SSSR count). The van der Waals surface area contributed by atoms with Gasteiger partial charge in [-0.1, -0.05) is 30.3 Å². The van der Waals surface area contributed by atoms with E-state index in [0.717, 1.165) is 6.54 Å². The maximum Gasteiger partial charge on any atom is 0.253 e. The Morgan fingerprint density at radius 1 is 1.33 bits per heavy atom. The molecule has 0 spiro atoms. The lowest BCUT2D eigenvalue weighted by molar-refractivity contribution is -0.0605. The second-order valence-electron chi connectivity index (χ2n) is 5.99. The molecule has 1 fully saturated rings. The molecule has 2 heterocycles. The fourth-order valence-corrected chi connectivity index (χ4v) is 3.08. The van der Waals surface area contributed by atoms with E-state index in [0.29, 0.717) is 24.4 Å². The van der Waals surface area contributed by atoms with Gasteiger partial charge in [0.1, 0.15) is 0 Å². The first-order valence-corrected chi connectivity index (χ1v) is 8.10. The number of rotatable bonds is 4. The molecule has 24 heavy (non-hydrogen) atoms. The first kappa shape index (κ1) is 16.5. The van der Waals surface area contributed by atoms with Crippen molar-refractivity contribution in [3.63, 3.8) is 0 Å². The van der Waals surface area contributed by atoms with Gasteiger partial charge >= 0.3 is 0 Å². The normalized spacial score (nSPS) is 21.4. The van der Waals surface area contributed by atoms with E-state index in [1.807, 2.05) is 18.2 Å². The van der Waals surface area contributed by atoms with E-state index in [9.17, 15) is 4.79 Å². The second-order valence-corrected chi connectivity index (χ2v) is 5.99. The Morgan fingerprint density at radius 2 is 2.12 bits per heavy atom. The number of aromatic nitrogens is 2. The lowest BCUT2D eigenvalue weighted by Gasteiger charge is -2.39. The summed E-state index contributed by atoms with van der Waals surface area (Å²) in [5.74, 6) is -0.147. The Labute approximate surface area is 141 Å². The number of carbonyl (C=O) groups is 1. The second kappa shape index (κ2) is 7.51. The van der Waals surface area contributed by atoms with Gasteiger partial charge in [-0.3, -0.25) is 9.69 Å². The van der Waals surface area contributed by atoms with Gasteiger partial charge in [0.05, 0.1) is 36.2 Å². The molecule has 0 unspecified atom stereocenters. The van der Waals surface area contributed by atoms with Gasteiger partial charge < -0.3 is 10.1 Å². The maximum absolute atomic E-state index is 12.4. The summed E-state index contributed by atoms with van der Waals surface area (Å²) in [6.45, 7) is 3.76. The minimum atomic E-state index is -0.147. The van der Waals surface area contributed by atoms with Gasteiger partial charge in [0.25, 0.3) is 5.91 Å². The summed E-state index contributed by atoms with van der Waals surface area (Å²) in [6.07, 6.45) is 1.43. The van der Waals surface area contributed by atoms with Crippen molar-refractivity contribution in [1.82, 2.24) is 20.4 Å². The molecule has 0 bridgehead atoms. The average molecular weight is 326 g/mol. The summed E-state index contributed by atoms with van der Waals surface area (Å²) in [4.78, 5) is 14.7. The number of nitrogens with one attached hydrogen (secondary N) is 1. The predicted molar refractivity (Wildman–Crippen MR) is 90.7 cm³/mol. The molecule has 0 radical (unpaired) electrons. The van der Waals surface area contributed by atoms with Crippen LogP contribution in [0.3, 0.4) is 0 Å². The number of nitrogens with zero attached hydrogens (tertiary/aromatic N) is 3. The molecule has 1 saturated heterocycles. The first-order valence-electron chi connectivity index (χ1n) is 8.10. The van der Waals surface area contributed by atoms with Crippen molar-refractivity contribution in [2.24, 2.45) is 0 Å². The van der Waals surface area contributed by atoms with Crippen LogP contribution < -0.4 is 5.32 Å². The van der Waals surface area contributed by atoms with Crippen molar-refractivity contribution in [1.29, 1.82) is 0 Å². The van der Waals surface area contributed by atoms with Crippen LogP contribution in [0.4, 0.5) is 0 Å². The van der Waals surface area contributed by atoms with E-state index in [4.69, 9.17) is 4.74 Å². The topological polar surface area (TPSA) is 67.3 Å². The van der Waals surface area contributed by atoms with Crippen LogP contribution in [0, 0.1) is 6.92 Å². The lowest BCUT2D eigenvalue weighted by Crippen LogP contribution is -2.48. The zero-order valence-electron chi connectivity index (χ0n) is 14.0. The van der Waals surface area contributed by atoms with Crippen molar-refractivity contribution in [3.05, 3.63) is 59.4 Å². The standard InChI is InChI=1S/C18H22N4O2/c1-13-15(8-9-20-21-13)18(23)19-12-16-17(22(2)10-11-24-16)14-6-4-3-5-7-14/h3-9,16-17H,10-12H2,1-2H3,(H,19,23)/t16-,17-/m0/s1. The highest BCUT2D eigenvalue weighted by molar-refractivity contribution is 5.95. The third-order valence-electron chi connectivity index (χ3n) is 4.36. The van der Waals surface area contributed by atoms with E-state index >= 15 is 0 Å². The van der Waals surface area contributed by atoms with E-state index in [-0.39, 0.29) is 18.1 Å². The van der Waals surface area contributed by atoms with Gasteiger partial charge in [-0.15, -0.1) is 0 Å². The Kier molecular flexibility index (Phi) is 5.17. The number of aryl methyl sites for hydroxylation is 1. The number of likely N-dealkylation sites (N-methyl/N-ethyl adjacent to an activating group) is 1. The van der Waals surface area contributed by atoms with Crippen molar-refractivity contribution < 1.29 is 9.53 Å². The van der Waals surface area contributed by atoms with Crippen LogP contribution in [0.1, 0.15) is 27.7 Å². The van der Waals surface area contributed by atoms with Crippen LogP contribution in [0.25, 0.3) is 0 Å². The van der Waals surface area contributed by atoms with Gasteiger partial charge in [-0.2, -0.15) is 10.2 Å². The lowest BCUT2D eigenvalue weighted by atomic mass is 9.98. The third kappa shape index (κ3) is 3.60. The van der Waals surface area contributed by atoms with Gasteiger partial charge in [-0.25, -0.2) is 0 Å². The van der Waals surface area contributed by atoms with Crippen molar-refractivity contribution in [2.45, 2.75) is 19.1 Å². The quantitative estimate of drug-likeness (QED) is 0.924. The highest BCUT2D eigenvalue weighted by Gasteiger charge is 2.31. The van der Waals surface area contributed by atoms with E-state index in [1.54, 1.807) is 13.0 Å². The number of ether oxygens (including phenoxy) is 1. The van der Waals surface area contributed by atoms with Gasteiger partial charge in [0, 0.05) is 13.1 Å². The molecule has 1 aromatic heterocycles. The molecule has 2 aromatic rings. The molecule has 0 saturated carbocycles. The van der Waals surface area contributed by atoms with Crippen LogP contribution in [-0.4, -0.2) is 53.9 Å². The predicted octanol–water partition coefficient (Wildman–Crippen LogP) is 1.59. The maximum atomic E-state index is 12.4. The minimum absolute atomic E-state index is 0.0924. The molecule has 6 heteroatoms. The molecule has 1 amide bonds. The Hall–Kier alpha value is -2.31. The van der Waals surface area contributed by atoms with Crippen LogP contribution in [0.2, 0.25) is 0 Å². The average Bonchev–Trinajstić information content (AvgIpc) is 2.61. The van der Waals surface area contributed by atoms with E-state index < -0.39 is 0 Å². The van der Waals surface area contributed by atoms with Gasteiger partial charge in [0.2, 0.25) is 0 Å². The molecule has 126 valence electrons. The van der Waals surface area contributed by atoms with Gasteiger partial charge in [0.15, 0.2) is 0 Å². The van der Waals surface area contributed by atoms with Crippen LogP contribution in [0.15, 0.2) is 42.6 Å². The molecule has 2 atom stereocenters. The monoisotopic (exact) mass is 326 g/mol. The summed E-state index contributed by atoms with van der Waals surface area (Å²) < 4.78 is 5.95. The Bertz CT molecular complexity index is 692. The molecule has 1 aliphatic heterocycles. The van der Waals surface area contributed by atoms with E-state index in [1.165, 1.54) is 11.8 Å². The first-order chi connectivity index (χ1) is 11.7. The highest BCUT2D eigenvalue weighted by atomic mass is 16.5. The van der Waals surface area contributed by atoms with Crippen LogP contribution in [0.5, 0.6) is 0 Å². The minimum Gasteiger partial charge on any atom is -0.373 e.